The zero-order chi connectivity index (χ0) is 16.7. The molecule has 2 fully saturated rings. The Morgan fingerprint density at radius 3 is 2.58 bits per heavy atom. The van der Waals surface area contributed by atoms with Crippen LogP contribution in [0, 0.1) is 5.92 Å². The molecule has 4 rings (SSSR count). The minimum Gasteiger partial charge on any atom is -0.423 e. The SMILES string of the molecule is OC1CN(C[C@H]2CCN(c3nc4ccccc4o3)C2)CC(O)C1O. The van der Waals surface area contributed by atoms with Gasteiger partial charge in [-0.3, -0.25) is 4.90 Å². The minimum atomic E-state index is -1.04. The zero-order valence-corrected chi connectivity index (χ0v) is 13.5. The Morgan fingerprint density at radius 2 is 1.83 bits per heavy atom. The highest BCUT2D eigenvalue weighted by Gasteiger charge is 2.35. The highest BCUT2D eigenvalue weighted by Crippen LogP contribution is 2.27. The van der Waals surface area contributed by atoms with E-state index in [2.05, 4.69) is 9.88 Å². The Labute approximate surface area is 140 Å². The van der Waals surface area contributed by atoms with Crippen molar-refractivity contribution in [2.24, 2.45) is 5.92 Å². The second kappa shape index (κ2) is 6.33. The van der Waals surface area contributed by atoms with E-state index in [0.29, 0.717) is 25.0 Å². The van der Waals surface area contributed by atoms with Crippen LogP contribution in [0.15, 0.2) is 28.7 Å². The monoisotopic (exact) mass is 333 g/mol. The number of aliphatic hydroxyl groups excluding tert-OH is 3. The molecular formula is C17H23N3O4. The number of para-hydroxylation sites is 2. The highest BCUT2D eigenvalue weighted by atomic mass is 16.4. The van der Waals surface area contributed by atoms with E-state index < -0.39 is 18.3 Å². The van der Waals surface area contributed by atoms with Crippen molar-refractivity contribution in [3.63, 3.8) is 0 Å². The predicted molar refractivity (Wildman–Crippen MR) is 88.8 cm³/mol. The average molecular weight is 333 g/mol. The van der Waals surface area contributed by atoms with Crippen molar-refractivity contribution in [3.8, 4) is 0 Å². The lowest BCUT2D eigenvalue weighted by atomic mass is 10.00. The van der Waals surface area contributed by atoms with Gasteiger partial charge in [0.05, 0.1) is 12.2 Å². The highest BCUT2D eigenvalue weighted by molar-refractivity contribution is 5.74. The molecule has 7 heteroatoms. The van der Waals surface area contributed by atoms with Crippen molar-refractivity contribution in [3.05, 3.63) is 24.3 Å². The smallest absolute Gasteiger partial charge is 0.298 e. The maximum Gasteiger partial charge on any atom is 0.298 e. The predicted octanol–water partition coefficient (Wildman–Crippen LogP) is 0.0524. The number of piperidine rings is 1. The number of hydrogen-bond donors (Lipinski definition) is 3. The van der Waals surface area contributed by atoms with Crippen LogP contribution in [0.5, 0.6) is 0 Å². The second-order valence-electron chi connectivity index (χ2n) is 6.91. The van der Waals surface area contributed by atoms with E-state index in [9.17, 15) is 15.3 Å². The fraction of sp³-hybridized carbons (Fsp3) is 0.588. The van der Waals surface area contributed by atoms with Crippen molar-refractivity contribution in [1.82, 2.24) is 9.88 Å². The van der Waals surface area contributed by atoms with Gasteiger partial charge in [-0.15, -0.1) is 0 Å². The van der Waals surface area contributed by atoms with E-state index in [-0.39, 0.29) is 0 Å². The molecule has 2 saturated heterocycles. The number of aromatic nitrogens is 1. The van der Waals surface area contributed by atoms with Crippen LogP contribution in [0.25, 0.3) is 11.1 Å². The summed E-state index contributed by atoms with van der Waals surface area (Å²) in [6.45, 7) is 3.32. The third kappa shape index (κ3) is 3.00. The van der Waals surface area contributed by atoms with Crippen LogP contribution in [0.1, 0.15) is 6.42 Å². The number of fused-ring (bicyclic) bond motifs is 1. The van der Waals surface area contributed by atoms with Crippen molar-refractivity contribution >= 4 is 17.1 Å². The number of oxazole rings is 1. The molecule has 130 valence electrons. The van der Waals surface area contributed by atoms with E-state index >= 15 is 0 Å². The van der Waals surface area contributed by atoms with E-state index in [1.165, 1.54) is 0 Å². The summed E-state index contributed by atoms with van der Waals surface area (Å²) >= 11 is 0. The van der Waals surface area contributed by atoms with Gasteiger partial charge in [0, 0.05) is 32.7 Å². The van der Waals surface area contributed by atoms with Crippen molar-refractivity contribution in [1.29, 1.82) is 0 Å². The number of anilines is 1. The van der Waals surface area contributed by atoms with Crippen LogP contribution in [0.3, 0.4) is 0 Å². The lowest BCUT2D eigenvalue weighted by Crippen LogP contribution is -2.56. The van der Waals surface area contributed by atoms with E-state index in [1.807, 2.05) is 29.2 Å². The summed E-state index contributed by atoms with van der Waals surface area (Å²) in [6.07, 6.45) is -1.79. The summed E-state index contributed by atoms with van der Waals surface area (Å²) in [5.74, 6) is 0.426. The summed E-state index contributed by atoms with van der Waals surface area (Å²) in [7, 11) is 0. The first-order valence-corrected chi connectivity index (χ1v) is 8.47. The molecule has 3 N–H and O–H groups in total. The largest absolute Gasteiger partial charge is 0.423 e. The summed E-state index contributed by atoms with van der Waals surface area (Å²) in [5, 5.41) is 29.3. The number of benzene rings is 1. The Bertz CT molecular complexity index is 661. The van der Waals surface area contributed by atoms with Crippen LogP contribution in [0.4, 0.5) is 6.01 Å². The van der Waals surface area contributed by atoms with Gasteiger partial charge in [0.25, 0.3) is 6.01 Å². The van der Waals surface area contributed by atoms with Crippen LogP contribution < -0.4 is 4.90 Å². The standard InChI is InChI=1S/C17H23N3O4/c21-13-9-19(10-14(22)16(13)23)7-11-5-6-20(8-11)17-18-12-3-1-2-4-15(12)24-17/h1-4,11,13-14,16,21-23H,5-10H2/t11-,13?,14?,16?/m1/s1. The molecule has 0 aliphatic carbocycles. The normalized spacial score (nSPS) is 31.9. The number of β-amino-alcohol motifs (C(OH)–C–C–N with tert-alkyl or cyclic N) is 2. The fourth-order valence-corrected chi connectivity index (χ4v) is 3.74. The molecule has 3 atom stereocenters. The number of nitrogens with zero attached hydrogens (tertiary/aromatic N) is 3. The van der Waals surface area contributed by atoms with Crippen molar-refractivity contribution in [2.75, 3.05) is 37.6 Å². The first-order valence-electron chi connectivity index (χ1n) is 8.47. The molecule has 2 aromatic rings. The third-order valence-electron chi connectivity index (χ3n) is 5.03. The Morgan fingerprint density at radius 1 is 1.08 bits per heavy atom. The lowest BCUT2D eigenvalue weighted by molar-refractivity contribution is -0.111. The Kier molecular flexibility index (Phi) is 4.17. The summed E-state index contributed by atoms with van der Waals surface area (Å²) in [4.78, 5) is 8.72. The molecule has 3 heterocycles. The molecule has 0 spiro atoms. The molecule has 7 nitrogen and oxygen atoms in total. The number of hydrogen-bond acceptors (Lipinski definition) is 7. The second-order valence-corrected chi connectivity index (χ2v) is 6.91. The van der Waals surface area contributed by atoms with Crippen LogP contribution in [0.2, 0.25) is 0 Å². The maximum atomic E-state index is 9.82. The van der Waals surface area contributed by atoms with Crippen LogP contribution in [-0.2, 0) is 0 Å². The van der Waals surface area contributed by atoms with Gasteiger partial charge in [-0.05, 0) is 24.5 Å². The number of aliphatic hydroxyl groups is 3. The van der Waals surface area contributed by atoms with Gasteiger partial charge in [0.1, 0.15) is 11.6 Å². The molecule has 24 heavy (non-hydrogen) atoms. The lowest BCUT2D eigenvalue weighted by Gasteiger charge is -2.37. The average Bonchev–Trinajstić information content (AvgIpc) is 3.18. The quantitative estimate of drug-likeness (QED) is 0.731. The summed E-state index contributed by atoms with van der Waals surface area (Å²) in [5.41, 5.74) is 1.67. The minimum absolute atomic E-state index is 0.400. The molecule has 1 aromatic carbocycles. The van der Waals surface area contributed by atoms with Crippen molar-refractivity contribution in [2.45, 2.75) is 24.7 Å². The molecule has 2 aliphatic rings. The molecule has 0 amide bonds. The van der Waals surface area contributed by atoms with Gasteiger partial charge in [-0.2, -0.15) is 4.98 Å². The fourth-order valence-electron chi connectivity index (χ4n) is 3.74. The maximum absolute atomic E-state index is 9.82. The van der Waals surface area contributed by atoms with Crippen LogP contribution in [-0.4, -0.2) is 76.2 Å². The van der Waals surface area contributed by atoms with Gasteiger partial charge < -0.3 is 24.6 Å². The van der Waals surface area contributed by atoms with Crippen molar-refractivity contribution < 1.29 is 19.7 Å². The Balaban J connectivity index is 1.38. The van der Waals surface area contributed by atoms with Crippen LogP contribution >= 0.6 is 0 Å². The number of likely N-dealkylation sites (tertiary alicyclic amines) is 1. The molecule has 0 saturated carbocycles. The molecule has 2 unspecified atom stereocenters. The number of rotatable bonds is 3. The summed E-state index contributed by atoms with van der Waals surface area (Å²) in [6, 6.07) is 8.40. The zero-order valence-electron chi connectivity index (χ0n) is 13.5. The van der Waals surface area contributed by atoms with Gasteiger partial charge in [-0.25, -0.2) is 0 Å². The van der Waals surface area contributed by atoms with E-state index in [1.54, 1.807) is 0 Å². The molecule has 2 aliphatic heterocycles. The molecular weight excluding hydrogens is 310 g/mol. The van der Waals surface area contributed by atoms with Gasteiger partial charge in [-0.1, -0.05) is 12.1 Å². The van der Waals surface area contributed by atoms with Gasteiger partial charge in [0.2, 0.25) is 0 Å². The molecule has 0 bridgehead atoms. The third-order valence-corrected chi connectivity index (χ3v) is 5.03. The first-order chi connectivity index (χ1) is 11.6. The van der Waals surface area contributed by atoms with Gasteiger partial charge >= 0.3 is 0 Å². The Hall–Kier alpha value is -1.67. The topological polar surface area (TPSA) is 93.2 Å². The summed E-state index contributed by atoms with van der Waals surface area (Å²) < 4.78 is 5.83. The van der Waals surface area contributed by atoms with E-state index in [0.717, 1.165) is 37.2 Å². The molecule has 1 aromatic heterocycles. The first kappa shape index (κ1) is 15.8. The van der Waals surface area contributed by atoms with Gasteiger partial charge in [0.15, 0.2) is 5.58 Å². The van der Waals surface area contributed by atoms with E-state index in [4.69, 9.17) is 4.42 Å². The molecule has 0 radical (unpaired) electrons.